The summed E-state index contributed by atoms with van der Waals surface area (Å²) in [5, 5.41) is 0.758. The van der Waals surface area contributed by atoms with Gasteiger partial charge < -0.3 is 0 Å². The lowest BCUT2D eigenvalue weighted by Crippen LogP contribution is -2.29. The molecule has 0 bridgehead atoms. The maximum absolute atomic E-state index is 13.2. The third-order valence-corrected chi connectivity index (χ3v) is 5.96. The van der Waals surface area contributed by atoms with E-state index in [0.29, 0.717) is 0 Å². The van der Waals surface area contributed by atoms with Gasteiger partial charge in [0.25, 0.3) is 5.56 Å². The fourth-order valence-corrected chi connectivity index (χ4v) is 4.65. The predicted molar refractivity (Wildman–Crippen MR) is 124 cm³/mol. The average Bonchev–Trinajstić information content (AvgIpc) is 2.78. The van der Waals surface area contributed by atoms with Gasteiger partial charge in [-0.2, -0.15) is 0 Å². The topological polar surface area (TPSA) is 34.9 Å². The predicted octanol–water partition coefficient (Wildman–Crippen LogP) is 5.52. The minimum Gasteiger partial charge on any atom is -0.276 e. The molecule has 4 aromatic rings. The normalized spacial score (nSPS) is 11.0. The fourth-order valence-electron chi connectivity index (χ4n) is 3.59. The molecule has 0 saturated carbocycles. The molecule has 0 aliphatic rings. The van der Waals surface area contributed by atoms with E-state index in [0.717, 1.165) is 34.2 Å². The maximum Gasteiger partial charge on any atom is 0.255 e. The van der Waals surface area contributed by atoms with Gasteiger partial charge in [0.1, 0.15) is 0 Å². The summed E-state index contributed by atoms with van der Waals surface area (Å²) >= 11 is 1.64. The van der Waals surface area contributed by atoms with Crippen LogP contribution in [-0.4, -0.2) is 15.3 Å². The van der Waals surface area contributed by atoms with Crippen LogP contribution < -0.4 is 5.56 Å². The zero-order valence-corrected chi connectivity index (χ0v) is 17.8. The van der Waals surface area contributed by atoms with Crippen LogP contribution in [0.25, 0.3) is 0 Å². The summed E-state index contributed by atoms with van der Waals surface area (Å²) in [6.45, 7) is 1.88. The van der Waals surface area contributed by atoms with E-state index >= 15 is 0 Å². The van der Waals surface area contributed by atoms with Crippen LogP contribution in [0.3, 0.4) is 0 Å². The second kappa shape index (κ2) is 9.59. The van der Waals surface area contributed by atoms with Crippen LogP contribution in [0.15, 0.2) is 107 Å². The van der Waals surface area contributed by atoms with E-state index < -0.39 is 0 Å². The van der Waals surface area contributed by atoms with Gasteiger partial charge in [0.15, 0.2) is 5.16 Å². The van der Waals surface area contributed by atoms with Gasteiger partial charge in [-0.25, -0.2) is 4.98 Å². The van der Waals surface area contributed by atoms with Gasteiger partial charge in [-0.3, -0.25) is 9.36 Å². The van der Waals surface area contributed by atoms with Gasteiger partial charge >= 0.3 is 0 Å². The molecule has 0 radical (unpaired) electrons. The van der Waals surface area contributed by atoms with Crippen molar-refractivity contribution in [2.75, 3.05) is 5.75 Å². The van der Waals surface area contributed by atoms with Crippen molar-refractivity contribution in [3.05, 3.63) is 130 Å². The molecule has 3 nitrogen and oxygen atoms in total. The number of thioether (sulfide) groups is 1. The van der Waals surface area contributed by atoms with Gasteiger partial charge in [0.2, 0.25) is 0 Å². The first-order valence-electron chi connectivity index (χ1n) is 10.1. The zero-order valence-electron chi connectivity index (χ0n) is 16.9. The number of aryl methyl sites for hydroxylation is 2. The van der Waals surface area contributed by atoms with Crippen LogP contribution in [0.2, 0.25) is 0 Å². The molecule has 0 fully saturated rings. The van der Waals surface area contributed by atoms with Crippen molar-refractivity contribution < 1.29 is 0 Å². The maximum atomic E-state index is 13.2. The number of rotatable bonds is 7. The first-order valence-corrected chi connectivity index (χ1v) is 11.1. The van der Waals surface area contributed by atoms with Gasteiger partial charge in [-0.05, 0) is 30.0 Å². The smallest absolute Gasteiger partial charge is 0.255 e. The SMILES string of the molecule is Cc1cc(=O)n(C(c2ccccc2)c2ccccc2)c(SCCc2ccccc2)n1. The largest absolute Gasteiger partial charge is 0.276 e. The Hall–Kier alpha value is -3.11. The first-order chi connectivity index (χ1) is 14.7. The molecule has 0 spiro atoms. The van der Waals surface area contributed by atoms with E-state index in [2.05, 4.69) is 48.5 Å². The number of hydrogen-bond donors (Lipinski definition) is 0. The Morgan fingerprint density at radius 1 is 0.833 bits per heavy atom. The number of hydrogen-bond acceptors (Lipinski definition) is 3. The Labute approximate surface area is 181 Å². The molecule has 0 unspecified atom stereocenters. The molecule has 0 atom stereocenters. The van der Waals surface area contributed by atoms with Crippen molar-refractivity contribution in [2.24, 2.45) is 0 Å². The summed E-state index contributed by atoms with van der Waals surface area (Å²) in [6.07, 6.45) is 0.927. The highest BCUT2D eigenvalue weighted by molar-refractivity contribution is 7.99. The second-order valence-corrected chi connectivity index (χ2v) is 8.26. The monoisotopic (exact) mass is 412 g/mol. The zero-order chi connectivity index (χ0) is 20.8. The van der Waals surface area contributed by atoms with Crippen LogP contribution in [0.4, 0.5) is 0 Å². The summed E-state index contributed by atoms with van der Waals surface area (Å²) < 4.78 is 1.84. The standard InChI is InChI=1S/C26H24N2OS/c1-20-19-24(29)28(26(27-20)30-18-17-21-11-5-2-6-12-21)25(22-13-7-3-8-14-22)23-15-9-4-10-16-23/h2-16,19,25H,17-18H2,1H3. The molecule has 30 heavy (non-hydrogen) atoms. The van der Waals surface area contributed by atoms with E-state index in [1.54, 1.807) is 17.8 Å². The Kier molecular flexibility index (Phi) is 6.45. The molecule has 0 aliphatic heterocycles. The summed E-state index contributed by atoms with van der Waals surface area (Å²) in [5.74, 6) is 0.857. The summed E-state index contributed by atoms with van der Waals surface area (Å²) in [5.41, 5.74) is 4.15. The van der Waals surface area contributed by atoms with E-state index in [1.165, 1.54) is 5.56 Å². The van der Waals surface area contributed by atoms with Crippen molar-refractivity contribution >= 4 is 11.8 Å². The minimum atomic E-state index is -0.216. The number of aromatic nitrogens is 2. The molecule has 4 rings (SSSR count). The van der Waals surface area contributed by atoms with Gasteiger partial charge in [0, 0.05) is 17.5 Å². The van der Waals surface area contributed by atoms with E-state index in [4.69, 9.17) is 4.98 Å². The Morgan fingerprint density at radius 2 is 1.37 bits per heavy atom. The molecular weight excluding hydrogens is 388 g/mol. The Balaban J connectivity index is 1.74. The summed E-state index contributed by atoms with van der Waals surface area (Å²) in [6, 6.07) is 32.2. The highest BCUT2D eigenvalue weighted by atomic mass is 32.2. The van der Waals surface area contributed by atoms with Crippen molar-refractivity contribution in [2.45, 2.75) is 24.5 Å². The second-order valence-electron chi connectivity index (χ2n) is 7.20. The first kappa shape index (κ1) is 20.2. The molecule has 0 amide bonds. The van der Waals surface area contributed by atoms with Crippen LogP contribution in [0, 0.1) is 6.92 Å². The third kappa shape index (κ3) is 4.71. The molecule has 0 aliphatic carbocycles. The third-order valence-electron chi connectivity index (χ3n) is 5.00. The van der Waals surface area contributed by atoms with E-state index in [1.807, 2.05) is 54.0 Å². The molecule has 4 heteroatoms. The van der Waals surface area contributed by atoms with Crippen molar-refractivity contribution in [1.82, 2.24) is 9.55 Å². The lowest BCUT2D eigenvalue weighted by atomic mass is 9.98. The lowest BCUT2D eigenvalue weighted by Gasteiger charge is -2.23. The van der Waals surface area contributed by atoms with E-state index in [-0.39, 0.29) is 11.6 Å². The molecule has 150 valence electrons. The molecule has 3 aromatic carbocycles. The van der Waals surface area contributed by atoms with Crippen LogP contribution >= 0.6 is 11.8 Å². The number of benzene rings is 3. The van der Waals surface area contributed by atoms with Gasteiger partial charge in [-0.1, -0.05) is 103 Å². The lowest BCUT2D eigenvalue weighted by molar-refractivity contribution is 0.564. The highest BCUT2D eigenvalue weighted by Gasteiger charge is 2.21. The Morgan fingerprint density at radius 3 is 1.93 bits per heavy atom. The van der Waals surface area contributed by atoms with Gasteiger partial charge in [0.05, 0.1) is 6.04 Å². The molecule has 0 saturated heterocycles. The summed E-state index contributed by atoms with van der Waals surface area (Å²) in [7, 11) is 0. The molecule has 1 heterocycles. The number of nitrogens with zero attached hydrogens (tertiary/aromatic N) is 2. The van der Waals surface area contributed by atoms with Gasteiger partial charge in [-0.15, -0.1) is 0 Å². The molecular formula is C26H24N2OS. The van der Waals surface area contributed by atoms with E-state index in [9.17, 15) is 4.79 Å². The van der Waals surface area contributed by atoms with Crippen LogP contribution in [-0.2, 0) is 6.42 Å². The van der Waals surface area contributed by atoms with Crippen molar-refractivity contribution in [3.63, 3.8) is 0 Å². The van der Waals surface area contributed by atoms with Crippen molar-refractivity contribution in [1.29, 1.82) is 0 Å². The molecule has 0 N–H and O–H groups in total. The average molecular weight is 413 g/mol. The summed E-state index contributed by atoms with van der Waals surface area (Å²) in [4.78, 5) is 18.0. The quantitative estimate of drug-likeness (QED) is 0.296. The highest BCUT2D eigenvalue weighted by Crippen LogP contribution is 2.29. The van der Waals surface area contributed by atoms with Crippen LogP contribution in [0.5, 0.6) is 0 Å². The van der Waals surface area contributed by atoms with Crippen molar-refractivity contribution in [3.8, 4) is 0 Å². The fraction of sp³-hybridized carbons (Fsp3) is 0.154. The Bertz CT molecular complexity index is 1100. The van der Waals surface area contributed by atoms with Crippen LogP contribution in [0.1, 0.15) is 28.4 Å². The minimum absolute atomic E-state index is 0.0255. The molecule has 1 aromatic heterocycles.